The zero-order chi connectivity index (χ0) is 27.7. The highest BCUT2D eigenvalue weighted by atomic mass is 32.2. The maximum atomic E-state index is 13.5. The summed E-state index contributed by atoms with van der Waals surface area (Å²) in [5.74, 6) is -0.457. The number of ether oxygens (including phenoxy) is 1. The minimum atomic E-state index is -4.68. The maximum Gasteiger partial charge on any atom is 0.419 e. The summed E-state index contributed by atoms with van der Waals surface area (Å²) in [6, 6.07) is 12.9. The van der Waals surface area contributed by atoms with Crippen LogP contribution in [0.2, 0.25) is 0 Å². The molecule has 13 heteroatoms. The molecule has 5 nitrogen and oxygen atoms in total. The van der Waals surface area contributed by atoms with E-state index >= 15 is 0 Å². The van der Waals surface area contributed by atoms with Crippen LogP contribution in [0.5, 0.6) is 5.75 Å². The van der Waals surface area contributed by atoms with Crippen molar-refractivity contribution in [3.63, 3.8) is 0 Å². The van der Waals surface area contributed by atoms with E-state index in [1.54, 1.807) is 0 Å². The van der Waals surface area contributed by atoms with Gasteiger partial charge < -0.3 is 9.64 Å². The van der Waals surface area contributed by atoms with Gasteiger partial charge in [0.2, 0.25) is 0 Å². The number of halogens is 6. The number of benzene rings is 3. The molecule has 0 radical (unpaired) electrons. The molecule has 0 aromatic heterocycles. The molecule has 1 atom stereocenters. The van der Waals surface area contributed by atoms with Gasteiger partial charge in [-0.25, -0.2) is 8.42 Å². The Labute approximate surface area is 219 Å². The minimum absolute atomic E-state index is 0.0949. The van der Waals surface area contributed by atoms with Crippen LogP contribution in [-0.2, 0) is 22.4 Å². The molecule has 1 N–H and O–H groups in total. The number of likely N-dealkylation sites (tertiary alicyclic amines) is 1. The van der Waals surface area contributed by atoms with E-state index in [1.165, 1.54) is 36.4 Å². The number of hydrogen-bond acceptors (Lipinski definition) is 5. The number of anilines is 1. The summed E-state index contributed by atoms with van der Waals surface area (Å²) in [5, 5.41) is 0. The molecule has 0 unspecified atom stereocenters. The largest absolute Gasteiger partial charge is 0.488 e. The fourth-order valence-electron chi connectivity index (χ4n) is 3.84. The van der Waals surface area contributed by atoms with Gasteiger partial charge >= 0.3 is 12.4 Å². The summed E-state index contributed by atoms with van der Waals surface area (Å²) in [6.45, 7) is 1.12. The molecule has 1 fully saturated rings. The Balaban J connectivity index is 1.49. The second-order valence-electron chi connectivity index (χ2n) is 8.70. The van der Waals surface area contributed by atoms with Crippen molar-refractivity contribution < 1.29 is 39.5 Å². The van der Waals surface area contributed by atoms with Crippen LogP contribution in [0.1, 0.15) is 17.5 Å². The van der Waals surface area contributed by atoms with Gasteiger partial charge in [0, 0.05) is 28.9 Å². The summed E-state index contributed by atoms with van der Waals surface area (Å²) < 4.78 is 112. The fourth-order valence-corrected chi connectivity index (χ4v) is 5.70. The normalized spacial score (nSPS) is 17.0. The monoisotopic (exact) mass is 576 g/mol. The first-order valence-corrected chi connectivity index (χ1v) is 13.6. The van der Waals surface area contributed by atoms with E-state index in [2.05, 4.69) is 4.72 Å². The van der Waals surface area contributed by atoms with Gasteiger partial charge in [-0.3, -0.25) is 4.72 Å². The molecule has 204 valence electrons. The van der Waals surface area contributed by atoms with Crippen LogP contribution in [0.4, 0.5) is 32.0 Å². The van der Waals surface area contributed by atoms with Crippen LogP contribution in [0.15, 0.2) is 81.4 Å². The molecule has 0 bridgehead atoms. The van der Waals surface area contributed by atoms with Gasteiger partial charge in [-0.05, 0) is 74.1 Å². The molecule has 38 heavy (non-hydrogen) atoms. The van der Waals surface area contributed by atoms with Crippen LogP contribution >= 0.6 is 11.8 Å². The Morgan fingerprint density at radius 3 is 2.03 bits per heavy atom. The van der Waals surface area contributed by atoms with Crippen molar-refractivity contribution >= 4 is 27.5 Å². The van der Waals surface area contributed by atoms with Crippen LogP contribution < -0.4 is 9.46 Å². The van der Waals surface area contributed by atoms with Crippen molar-refractivity contribution in [3.05, 3.63) is 77.9 Å². The fraction of sp³-hybridized carbons (Fsp3) is 0.280. The van der Waals surface area contributed by atoms with Crippen molar-refractivity contribution in [2.75, 3.05) is 24.9 Å². The number of nitrogens with zero attached hydrogens (tertiary/aromatic N) is 1. The summed E-state index contributed by atoms with van der Waals surface area (Å²) in [5.41, 5.74) is -1.87. The lowest BCUT2D eigenvalue weighted by Gasteiger charge is -2.19. The minimum Gasteiger partial charge on any atom is -0.488 e. The lowest BCUT2D eigenvalue weighted by atomic mass is 10.1. The predicted molar refractivity (Wildman–Crippen MR) is 131 cm³/mol. The summed E-state index contributed by atoms with van der Waals surface area (Å²) in [6.07, 6.45) is -9.04. The van der Waals surface area contributed by atoms with Gasteiger partial charge in [-0.2, -0.15) is 26.3 Å². The number of rotatable bonds is 7. The molecule has 3 aromatic carbocycles. The van der Waals surface area contributed by atoms with Crippen LogP contribution in [-0.4, -0.2) is 39.6 Å². The number of sulfonamides is 1. The summed E-state index contributed by atoms with van der Waals surface area (Å²) in [4.78, 5) is 2.88. The zero-order valence-corrected chi connectivity index (χ0v) is 21.4. The number of alkyl halides is 6. The summed E-state index contributed by atoms with van der Waals surface area (Å²) >= 11 is 1.14. The van der Waals surface area contributed by atoms with Gasteiger partial charge in [0.15, 0.2) is 0 Å². The average molecular weight is 577 g/mol. The molecule has 4 rings (SSSR count). The third kappa shape index (κ3) is 6.94. The molecular formula is C25H22F6N2O3S2. The van der Waals surface area contributed by atoms with Crippen molar-refractivity contribution in [2.24, 2.45) is 0 Å². The van der Waals surface area contributed by atoms with Gasteiger partial charge in [0.05, 0.1) is 21.7 Å². The lowest BCUT2D eigenvalue weighted by Crippen LogP contribution is -2.23. The number of likely N-dealkylation sites (N-methyl/N-ethyl adjacent to an activating group) is 1. The molecule has 1 aliphatic heterocycles. The third-order valence-corrected chi connectivity index (χ3v) is 8.15. The van der Waals surface area contributed by atoms with E-state index in [0.29, 0.717) is 29.3 Å². The second kappa shape index (κ2) is 10.7. The van der Waals surface area contributed by atoms with Crippen LogP contribution in [0.3, 0.4) is 0 Å². The SMILES string of the molecule is CN1CC[C@@H](Oc2cc(NS(=O)(=O)c3ccc(Sc4ccc(C(F)(F)F)cc4)cc3)ccc2C(F)(F)F)C1. The lowest BCUT2D eigenvalue weighted by molar-refractivity contribution is -0.139. The molecular weight excluding hydrogens is 554 g/mol. The molecule has 0 amide bonds. The maximum absolute atomic E-state index is 13.5. The van der Waals surface area contributed by atoms with E-state index in [0.717, 1.165) is 42.1 Å². The second-order valence-corrected chi connectivity index (χ2v) is 11.5. The van der Waals surface area contributed by atoms with E-state index in [9.17, 15) is 34.8 Å². The Hall–Kier alpha value is -2.90. The smallest absolute Gasteiger partial charge is 0.419 e. The first kappa shape index (κ1) is 28.1. The van der Waals surface area contributed by atoms with Crippen LogP contribution in [0, 0.1) is 0 Å². The van der Waals surface area contributed by atoms with Crippen molar-refractivity contribution in [2.45, 2.75) is 39.6 Å². The number of hydrogen-bond donors (Lipinski definition) is 1. The predicted octanol–water partition coefficient (Wildman–Crippen LogP) is 6.76. The average Bonchev–Trinajstić information content (AvgIpc) is 3.22. The van der Waals surface area contributed by atoms with Gasteiger partial charge in [0.25, 0.3) is 10.0 Å². The Morgan fingerprint density at radius 1 is 0.895 bits per heavy atom. The zero-order valence-electron chi connectivity index (χ0n) is 19.8. The molecule has 1 heterocycles. The van der Waals surface area contributed by atoms with E-state index in [-0.39, 0.29) is 10.6 Å². The topological polar surface area (TPSA) is 58.6 Å². The van der Waals surface area contributed by atoms with E-state index in [1.807, 2.05) is 11.9 Å². The van der Waals surface area contributed by atoms with Crippen molar-refractivity contribution in [1.29, 1.82) is 0 Å². The molecule has 0 saturated carbocycles. The third-order valence-electron chi connectivity index (χ3n) is 5.73. The van der Waals surface area contributed by atoms with Crippen LogP contribution in [0.25, 0.3) is 0 Å². The van der Waals surface area contributed by atoms with Crippen molar-refractivity contribution in [1.82, 2.24) is 4.90 Å². The molecule has 3 aromatic rings. The van der Waals surface area contributed by atoms with Gasteiger partial charge in [-0.15, -0.1) is 0 Å². The molecule has 1 saturated heterocycles. The number of nitrogens with one attached hydrogen (secondary N) is 1. The highest BCUT2D eigenvalue weighted by molar-refractivity contribution is 7.99. The first-order chi connectivity index (χ1) is 17.7. The van der Waals surface area contributed by atoms with Gasteiger partial charge in [0.1, 0.15) is 11.9 Å². The molecule has 1 aliphatic rings. The summed E-state index contributed by atoms with van der Waals surface area (Å²) in [7, 11) is -2.33. The Bertz CT molecular complexity index is 1380. The van der Waals surface area contributed by atoms with E-state index < -0.39 is 45.4 Å². The molecule has 0 aliphatic carbocycles. The molecule has 0 spiro atoms. The first-order valence-electron chi connectivity index (χ1n) is 11.3. The Morgan fingerprint density at radius 2 is 1.50 bits per heavy atom. The van der Waals surface area contributed by atoms with Crippen molar-refractivity contribution in [3.8, 4) is 5.75 Å². The Kier molecular flexibility index (Phi) is 7.91. The quantitative estimate of drug-likeness (QED) is 0.315. The van der Waals surface area contributed by atoms with E-state index in [4.69, 9.17) is 4.74 Å². The van der Waals surface area contributed by atoms with Gasteiger partial charge in [-0.1, -0.05) is 11.8 Å². The highest BCUT2D eigenvalue weighted by Crippen LogP contribution is 2.39. The highest BCUT2D eigenvalue weighted by Gasteiger charge is 2.36. The standard InChI is InChI=1S/C25H22F6N2O3S2/c1-33-13-12-18(15-33)36-23-14-17(4-11-22(23)25(29,30)31)32-38(34,35)21-9-7-20(8-10-21)37-19-5-2-16(3-6-19)24(26,27)28/h2-11,14,18,32H,12-13,15H2,1H3/t18-/m1/s1.